The topological polar surface area (TPSA) is 75.1 Å². The maximum atomic E-state index is 13.4. The van der Waals surface area contributed by atoms with E-state index in [-0.39, 0.29) is 11.4 Å². The van der Waals surface area contributed by atoms with Crippen molar-refractivity contribution in [3.8, 4) is 5.69 Å². The normalized spacial score (nSPS) is 11.0. The van der Waals surface area contributed by atoms with Crippen LogP contribution in [-0.4, -0.2) is 20.6 Å². The van der Waals surface area contributed by atoms with Crippen LogP contribution >= 0.6 is 0 Å². The maximum absolute atomic E-state index is 13.4. The van der Waals surface area contributed by atoms with Gasteiger partial charge in [0, 0.05) is 0 Å². The van der Waals surface area contributed by atoms with Crippen LogP contribution < -0.4 is 5.69 Å². The van der Waals surface area contributed by atoms with Gasteiger partial charge in [-0.3, -0.25) is 4.57 Å². The van der Waals surface area contributed by atoms with Gasteiger partial charge in [-0.05, 0) is 48.9 Å². The highest BCUT2D eigenvalue weighted by molar-refractivity contribution is 5.92. The summed E-state index contributed by atoms with van der Waals surface area (Å²) in [7, 11) is 0. The van der Waals surface area contributed by atoms with E-state index in [2.05, 4.69) is 4.98 Å². The number of fused-ring (bicyclic) bond motifs is 1. The number of carboxylic acids is 1. The van der Waals surface area contributed by atoms with E-state index >= 15 is 0 Å². The van der Waals surface area contributed by atoms with Crippen molar-refractivity contribution in [2.24, 2.45) is 0 Å². The fourth-order valence-electron chi connectivity index (χ4n) is 2.26. The van der Waals surface area contributed by atoms with Gasteiger partial charge in [0.2, 0.25) is 0 Å². The lowest BCUT2D eigenvalue weighted by molar-refractivity contribution is 0.0697. The Balaban J connectivity index is 2.32. The van der Waals surface area contributed by atoms with Crippen LogP contribution in [0.5, 0.6) is 0 Å². The molecule has 0 radical (unpaired) electrons. The van der Waals surface area contributed by atoms with Crippen molar-refractivity contribution in [1.29, 1.82) is 0 Å². The molecule has 0 bridgehead atoms. The van der Waals surface area contributed by atoms with E-state index in [1.165, 1.54) is 41.0 Å². The van der Waals surface area contributed by atoms with Crippen molar-refractivity contribution < 1.29 is 14.3 Å². The average Bonchev–Trinajstić information content (AvgIpc) is 2.77. The van der Waals surface area contributed by atoms with Crippen molar-refractivity contribution >= 4 is 17.0 Å². The lowest BCUT2D eigenvalue weighted by Crippen LogP contribution is -2.14. The zero-order valence-electron chi connectivity index (χ0n) is 11.1. The molecule has 0 aliphatic carbocycles. The van der Waals surface area contributed by atoms with Crippen LogP contribution in [0.2, 0.25) is 0 Å². The lowest BCUT2D eigenvalue weighted by atomic mass is 10.2. The molecule has 0 spiro atoms. The van der Waals surface area contributed by atoms with E-state index in [9.17, 15) is 14.0 Å². The molecule has 3 rings (SSSR count). The van der Waals surface area contributed by atoms with Crippen molar-refractivity contribution in [2.45, 2.75) is 6.92 Å². The molecule has 1 aromatic heterocycles. The summed E-state index contributed by atoms with van der Waals surface area (Å²) in [5.74, 6) is -1.44. The summed E-state index contributed by atoms with van der Waals surface area (Å²) in [5.41, 5.74) is 1.52. The maximum Gasteiger partial charge on any atom is 0.335 e. The monoisotopic (exact) mass is 286 g/mol. The fraction of sp³-hybridized carbons (Fsp3) is 0.0667. The first kappa shape index (κ1) is 13.1. The summed E-state index contributed by atoms with van der Waals surface area (Å²) in [6.45, 7) is 1.60. The van der Waals surface area contributed by atoms with Gasteiger partial charge in [0.15, 0.2) is 0 Å². The molecule has 21 heavy (non-hydrogen) atoms. The molecule has 3 aromatic rings. The minimum absolute atomic E-state index is 0.0779. The summed E-state index contributed by atoms with van der Waals surface area (Å²) in [6.07, 6.45) is 0. The zero-order valence-corrected chi connectivity index (χ0v) is 11.1. The number of aryl methyl sites for hydroxylation is 1. The Bertz CT molecular complexity index is 924. The van der Waals surface area contributed by atoms with Crippen LogP contribution in [0, 0.1) is 12.7 Å². The molecule has 1 heterocycles. The van der Waals surface area contributed by atoms with Crippen LogP contribution in [0.1, 0.15) is 15.9 Å². The molecule has 0 aliphatic rings. The molecule has 2 aromatic carbocycles. The van der Waals surface area contributed by atoms with Gasteiger partial charge < -0.3 is 10.1 Å². The Morgan fingerprint density at radius 2 is 2.00 bits per heavy atom. The van der Waals surface area contributed by atoms with Crippen molar-refractivity contribution in [1.82, 2.24) is 9.55 Å². The molecule has 0 aliphatic heterocycles. The minimum Gasteiger partial charge on any atom is -0.478 e. The smallest absolute Gasteiger partial charge is 0.335 e. The number of aromatic nitrogens is 2. The van der Waals surface area contributed by atoms with Crippen LogP contribution in [0.15, 0.2) is 41.2 Å². The van der Waals surface area contributed by atoms with Gasteiger partial charge >= 0.3 is 11.7 Å². The van der Waals surface area contributed by atoms with Crippen LogP contribution in [-0.2, 0) is 0 Å². The molecule has 0 saturated carbocycles. The van der Waals surface area contributed by atoms with Crippen molar-refractivity contribution in [3.05, 3.63) is 63.8 Å². The molecular formula is C15H11FN2O3. The van der Waals surface area contributed by atoms with Gasteiger partial charge in [0.25, 0.3) is 0 Å². The number of aromatic carboxylic acids is 1. The van der Waals surface area contributed by atoms with E-state index in [4.69, 9.17) is 5.11 Å². The Morgan fingerprint density at radius 1 is 1.24 bits per heavy atom. The summed E-state index contributed by atoms with van der Waals surface area (Å²) in [5, 5.41) is 9.05. The van der Waals surface area contributed by atoms with Crippen molar-refractivity contribution in [3.63, 3.8) is 0 Å². The van der Waals surface area contributed by atoms with Gasteiger partial charge in [-0.2, -0.15) is 0 Å². The molecule has 6 heteroatoms. The van der Waals surface area contributed by atoms with E-state index in [1.807, 2.05) is 0 Å². The predicted molar refractivity (Wildman–Crippen MR) is 75.6 cm³/mol. The quantitative estimate of drug-likeness (QED) is 0.760. The van der Waals surface area contributed by atoms with Crippen LogP contribution in [0.3, 0.4) is 0 Å². The molecule has 0 unspecified atom stereocenters. The van der Waals surface area contributed by atoms with E-state index in [0.717, 1.165) is 0 Å². The second kappa shape index (κ2) is 4.59. The van der Waals surface area contributed by atoms with Gasteiger partial charge in [-0.1, -0.05) is 0 Å². The molecule has 0 saturated heterocycles. The molecule has 0 amide bonds. The second-order valence-corrected chi connectivity index (χ2v) is 4.74. The highest BCUT2D eigenvalue weighted by Crippen LogP contribution is 2.19. The predicted octanol–water partition coefficient (Wildman–Crippen LogP) is 2.46. The van der Waals surface area contributed by atoms with Gasteiger partial charge in [0.1, 0.15) is 5.82 Å². The zero-order chi connectivity index (χ0) is 15.1. The first-order chi connectivity index (χ1) is 9.97. The number of hydrogen-bond acceptors (Lipinski definition) is 2. The van der Waals surface area contributed by atoms with Gasteiger partial charge in [-0.15, -0.1) is 0 Å². The third-order valence-electron chi connectivity index (χ3n) is 3.33. The summed E-state index contributed by atoms with van der Waals surface area (Å²) in [6, 6.07) is 8.65. The van der Waals surface area contributed by atoms with E-state index in [1.54, 1.807) is 6.92 Å². The number of hydrogen-bond donors (Lipinski definition) is 2. The number of nitrogens with one attached hydrogen (secondary N) is 1. The number of carbonyl (C=O) groups is 1. The molecular weight excluding hydrogens is 275 g/mol. The first-order valence-corrected chi connectivity index (χ1v) is 6.22. The third kappa shape index (κ3) is 2.10. The molecule has 2 N–H and O–H groups in total. The lowest BCUT2D eigenvalue weighted by Gasteiger charge is -2.05. The summed E-state index contributed by atoms with van der Waals surface area (Å²) < 4.78 is 14.7. The fourth-order valence-corrected chi connectivity index (χ4v) is 2.26. The minimum atomic E-state index is -1.08. The Morgan fingerprint density at radius 3 is 2.67 bits per heavy atom. The Hall–Kier alpha value is -2.89. The molecule has 5 nitrogen and oxygen atoms in total. The summed E-state index contributed by atoms with van der Waals surface area (Å²) in [4.78, 5) is 25.8. The largest absolute Gasteiger partial charge is 0.478 e. The number of rotatable bonds is 2. The van der Waals surface area contributed by atoms with Gasteiger partial charge in [0.05, 0.1) is 22.3 Å². The third-order valence-corrected chi connectivity index (χ3v) is 3.33. The first-order valence-electron chi connectivity index (χ1n) is 6.22. The standard InChI is InChI=1S/C15H11FN2O3/c1-8-6-10(3-4-11(8)16)18-13-7-9(14(19)20)2-5-12(13)17-15(18)21/h2-7H,1H3,(H,17,21)(H,19,20). The number of nitrogens with zero attached hydrogens (tertiary/aromatic N) is 1. The Kier molecular flexibility index (Phi) is 2.86. The number of aromatic amines is 1. The second-order valence-electron chi connectivity index (χ2n) is 4.74. The average molecular weight is 286 g/mol. The Labute approximate surface area is 118 Å². The number of H-pyrrole nitrogens is 1. The van der Waals surface area contributed by atoms with E-state index in [0.29, 0.717) is 22.3 Å². The molecule has 0 fully saturated rings. The number of halogens is 1. The molecule has 0 atom stereocenters. The van der Waals surface area contributed by atoms with Gasteiger partial charge in [-0.25, -0.2) is 14.0 Å². The number of carboxylic acid groups (broad SMARTS) is 1. The highest BCUT2D eigenvalue weighted by Gasteiger charge is 2.12. The number of benzene rings is 2. The highest BCUT2D eigenvalue weighted by atomic mass is 19.1. The SMILES string of the molecule is Cc1cc(-n2c(=O)[nH]c3ccc(C(=O)O)cc32)ccc1F. The number of imidazole rings is 1. The molecule has 106 valence electrons. The van der Waals surface area contributed by atoms with Crippen LogP contribution in [0.4, 0.5) is 4.39 Å². The summed E-state index contributed by atoms with van der Waals surface area (Å²) >= 11 is 0. The van der Waals surface area contributed by atoms with E-state index < -0.39 is 11.7 Å². The van der Waals surface area contributed by atoms with Crippen molar-refractivity contribution in [2.75, 3.05) is 0 Å². The van der Waals surface area contributed by atoms with Crippen LogP contribution in [0.25, 0.3) is 16.7 Å².